The quantitative estimate of drug-likeness (QED) is 0.653. The van der Waals surface area contributed by atoms with Crippen molar-refractivity contribution in [1.29, 1.82) is 0 Å². The van der Waals surface area contributed by atoms with Gasteiger partial charge in [-0.2, -0.15) is 0 Å². The van der Waals surface area contributed by atoms with Crippen LogP contribution >= 0.6 is 0 Å². The average molecular weight is 184 g/mol. The summed E-state index contributed by atoms with van der Waals surface area (Å²) in [5, 5.41) is 0. The lowest BCUT2D eigenvalue weighted by atomic mass is 10.2. The van der Waals surface area contributed by atoms with Crippen LogP contribution in [0.2, 0.25) is 0 Å². The van der Waals surface area contributed by atoms with Crippen LogP contribution in [0.25, 0.3) is 0 Å². The summed E-state index contributed by atoms with van der Waals surface area (Å²) in [7, 11) is 1.61. The van der Waals surface area contributed by atoms with Crippen LogP contribution in [0.3, 0.4) is 0 Å². The lowest BCUT2D eigenvalue weighted by Crippen LogP contribution is -1.96. The molecule has 0 radical (unpaired) electrons. The van der Waals surface area contributed by atoms with E-state index >= 15 is 0 Å². The Morgan fingerprint density at radius 2 is 2.23 bits per heavy atom. The standard InChI is InChI=1S/C10H13FO2/c1-12-10-4-2-3-9(7-10)8-13-6-5-11/h2-4,7H,5-6,8H2,1H3. The first-order valence-electron chi connectivity index (χ1n) is 4.13. The van der Waals surface area contributed by atoms with Crippen molar-refractivity contribution in [3.63, 3.8) is 0 Å². The molecule has 0 aliphatic rings. The van der Waals surface area contributed by atoms with Gasteiger partial charge in [0.1, 0.15) is 12.4 Å². The highest BCUT2D eigenvalue weighted by molar-refractivity contribution is 5.27. The normalized spacial score (nSPS) is 10.0. The minimum atomic E-state index is -0.441. The van der Waals surface area contributed by atoms with Crippen LogP contribution in [0.5, 0.6) is 5.75 Å². The summed E-state index contributed by atoms with van der Waals surface area (Å²) < 4.78 is 21.8. The van der Waals surface area contributed by atoms with Gasteiger partial charge in [-0.25, -0.2) is 4.39 Å². The van der Waals surface area contributed by atoms with E-state index in [4.69, 9.17) is 9.47 Å². The molecule has 0 bridgehead atoms. The fraction of sp³-hybridized carbons (Fsp3) is 0.400. The third-order valence-corrected chi connectivity index (χ3v) is 1.62. The molecule has 1 rings (SSSR count). The van der Waals surface area contributed by atoms with E-state index < -0.39 is 6.67 Å². The molecule has 0 aliphatic heterocycles. The highest BCUT2D eigenvalue weighted by Crippen LogP contribution is 2.12. The Morgan fingerprint density at radius 1 is 1.38 bits per heavy atom. The molecule has 0 saturated carbocycles. The van der Waals surface area contributed by atoms with Gasteiger partial charge in [0.15, 0.2) is 0 Å². The molecular weight excluding hydrogens is 171 g/mol. The Labute approximate surface area is 77.3 Å². The molecule has 3 heteroatoms. The van der Waals surface area contributed by atoms with Gasteiger partial charge in [0.25, 0.3) is 0 Å². The minimum absolute atomic E-state index is 0.150. The average Bonchev–Trinajstić information content (AvgIpc) is 2.19. The Kier molecular flexibility index (Phi) is 4.26. The zero-order valence-electron chi connectivity index (χ0n) is 7.63. The predicted octanol–water partition coefficient (Wildman–Crippen LogP) is 2.18. The first kappa shape index (κ1) is 9.99. The molecule has 0 amide bonds. The van der Waals surface area contributed by atoms with E-state index in [0.717, 1.165) is 11.3 Å². The predicted molar refractivity (Wildman–Crippen MR) is 48.6 cm³/mol. The maximum Gasteiger partial charge on any atom is 0.119 e. The molecule has 0 saturated heterocycles. The number of rotatable bonds is 5. The molecule has 1 aromatic rings. The number of alkyl halides is 1. The van der Waals surface area contributed by atoms with Crippen molar-refractivity contribution in [2.75, 3.05) is 20.4 Å². The Morgan fingerprint density at radius 3 is 2.92 bits per heavy atom. The van der Waals surface area contributed by atoms with Crippen molar-refractivity contribution in [3.8, 4) is 5.75 Å². The van der Waals surface area contributed by atoms with E-state index in [2.05, 4.69) is 0 Å². The fourth-order valence-electron chi connectivity index (χ4n) is 1.01. The monoisotopic (exact) mass is 184 g/mol. The van der Waals surface area contributed by atoms with Gasteiger partial charge in [-0.1, -0.05) is 12.1 Å². The van der Waals surface area contributed by atoms with Crippen molar-refractivity contribution in [1.82, 2.24) is 0 Å². The maximum atomic E-state index is 11.7. The SMILES string of the molecule is COc1cccc(COCCF)c1. The number of ether oxygens (including phenoxy) is 2. The van der Waals surface area contributed by atoms with E-state index in [9.17, 15) is 4.39 Å². The first-order valence-corrected chi connectivity index (χ1v) is 4.13. The number of methoxy groups -OCH3 is 1. The molecule has 0 heterocycles. The van der Waals surface area contributed by atoms with E-state index in [0.29, 0.717) is 6.61 Å². The summed E-state index contributed by atoms with van der Waals surface area (Å²) in [5.41, 5.74) is 0.993. The summed E-state index contributed by atoms with van der Waals surface area (Å²) in [6, 6.07) is 7.53. The van der Waals surface area contributed by atoms with Crippen LogP contribution in [0.1, 0.15) is 5.56 Å². The van der Waals surface area contributed by atoms with Crippen LogP contribution in [0, 0.1) is 0 Å². The summed E-state index contributed by atoms with van der Waals surface area (Å²) in [5.74, 6) is 0.793. The van der Waals surface area contributed by atoms with E-state index in [-0.39, 0.29) is 6.61 Å². The molecule has 2 nitrogen and oxygen atoms in total. The third-order valence-electron chi connectivity index (χ3n) is 1.62. The second kappa shape index (κ2) is 5.54. The number of benzene rings is 1. The summed E-state index contributed by atoms with van der Waals surface area (Å²) in [6.07, 6.45) is 0. The first-order chi connectivity index (χ1) is 6.36. The van der Waals surface area contributed by atoms with E-state index in [1.165, 1.54) is 0 Å². The summed E-state index contributed by atoms with van der Waals surface area (Å²) in [6.45, 7) is 0.141. The van der Waals surface area contributed by atoms with Crippen LogP contribution in [-0.2, 0) is 11.3 Å². The molecular formula is C10H13FO2. The van der Waals surface area contributed by atoms with Gasteiger partial charge in [-0.05, 0) is 17.7 Å². The number of hydrogen-bond donors (Lipinski definition) is 0. The molecule has 0 spiro atoms. The van der Waals surface area contributed by atoms with Crippen molar-refractivity contribution in [2.45, 2.75) is 6.61 Å². The molecule has 13 heavy (non-hydrogen) atoms. The highest BCUT2D eigenvalue weighted by Gasteiger charge is 1.95. The van der Waals surface area contributed by atoms with Crippen molar-refractivity contribution in [3.05, 3.63) is 29.8 Å². The van der Waals surface area contributed by atoms with Gasteiger partial charge in [0.2, 0.25) is 0 Å². The van der Waals surface area contributed by atoms with Crippen LogP contribution in [0.4, 0.5) is 4.39 Å². The van der Waals surface area contributed by atoms with Crippen molar-refractivity contribution >= 4 is 0 Å². The van der Waals surface area contributed by atoms with Crippen molar-refractivity contribution < 1.29 is 13.9 Å². The van der Waals surface area contributed by atoms with Gasteiger partial charge in [0.05, 0.1) is 20.3 Å². The molecule has 0 unspecified atom stereocenters. The zero-order valence-corrected chi connectivity index (χ0v) is 7.63. The van der Waals surface area contributed by atoms with Crippen LogP contribution in [0.15, 0.2) is 24.3 Å². The van der Waals surface area contributed by atoms with Crippen molar-refractivity contribution in [2.24, 2.45) is 0 Å². The number of halogens is 1. The molecule has 1 aromatic carbocycles. The summed E-state index contributed by atoms with van der Waals surface area (Å²) >= 11 is 0. The van der Waals surface area contributed by atoms with Gasteiger partial charge in [-0.15, -0.1) is 0 Å². The lowest BCUT2D eigenvalue weighted by molar-refractivity contribution is 0.106. The second-order valence-corrected chi connectivity index (χ2v) is 2.59. The highest BCUT2D eigenvalue weighted by atomic mass is 19.1. The third kappa shape index (κ3) is 3.42. The largest absolute Gasteiger partial charge is 0.497 e. The van der Waals surface area contributed by atoms with Gasteiger partial charge in [0, 0.05) is 0 Å². The molecule has 0 aromatic heterocycles. The van der Waals surface area contributed by atoms with Gasteiger partial charge >= 0.3 is 0 Å². The maximum absolute atomic E-state index is 11.7. The second-order valence-electron chi connectivity index (χ2n) is 2.59. The summed E-state index contributed by atoms with van der Waals surface area (Å²) in [4.78, 5) is 0. The van der Waals surface area contributed by atoms with E-state index in [1.54, 1.807) is 7.11 Å². The topological polar surface area (TPSA) is 18.5 Å². The number of hydrogen-bond acceptors (Lipinski definition) is 2. The Bertz CT molecular complexity index is 250. The Balaban J connectivity index is 2.46. The molecule has 0 atom stereocenters. The minimum Gasteiger partial charge on any atom is -0.497 e. The van der Waals surface area contributed by atoms with Crippen LogP contribution < -0.4 is 4.74 Å². The Hall–Kier alpha value is -1.09. The molecule has 72 valence electrons. The smallest absolute Gasteiger partial charge is 0.119 e. The lowest BCUT2D eigenvalue weighted by Gasteiger charge is -2.04. The molecule has 0 aliphatic carbocycles. The van der Waals surface area contributed by atoms with Gasteiger partial charge in [-0.3, -0.25) is 0 Å². The molecule has 0 fully saturated rings. The van der Waals surface area contributed by atoms with E-state index in [1.807, 2.05) is 24.3 Å². The fourth-order valence-corrected chi connectivity index (χ4v) is 1.01. The zero-order chi connectivity index (χ0) is 9.52. The molecule has 0 N–H and O–H groups in total. The van der Waals surface area contributed by atoms with Crippen LogP contribution in [-0.4, -0.2) is 20.4 Å². The van der Waals surface area contributed by atoms with Gasteiger partial charge < -0.3 is 9.47 Å².